The molecule has 0 spiro atoms. The van der Waals surface area contributed by atoms with E-state index < -0.39 is 0 Å². The quantitative estimate of drug-likeness (QED) is 0.527. The molecule has 0 amide bonds. The van der Waals surface area contributed by atoms with Gasteiger partial charge in [-0.2, -0.15) is 0 Å². The van der Waals surface area contributed by atoms with Crippen LogP contribution in [0.3, 0.4) is 0 Å². The van der Waals surface area contributed by atoms with Gasteiger partial charge in [-0.05, 0) is 59.3 Å². The number of methoxy groups -OCH3 is 2. The summed E-state index contributed by atoms with van der Waals surface area (Å²) >= 11 is 3.41. The highest BCUT2D eigenvalue weighted by atomic mass is 32.1. The van der Waals surface area contributed by atoms with Crippen molar-refractivity contribution >= 4 is 47.0 Å². The summed E-state index contributed by atoms with van der Waals surface area (Å²) in [6.07, 6.45) is 8.28. The van der Waals surface area contributed by atoms with E-state index in [1.54, 1.807) is 36.9 Å². The second kappa shape index (κ2) is 7.99. The van der Waals surface area contributed by atoms with E-state index in [4.69, 9.17) is 9.47 Å². The van der Waals surface area contributed by atoms with Crippen LogP contribution in [-0.4, -0.2) is 14.2 Å². The molecular weight excluding hydrogens is 336 g/mol. The van der Waals surface area contributed by atoms with Crippen molar-refractivity contribution in [2.75, 3.05) is 14.2 Å². The van der Waals surface area contributed by atoms with Crippen molar-refractivity contribution in [3.05, 3.63) is 68.0 Å². The third-order valence-corrected chi connectivity index (χ3v) is 5.20. The van der Waals surface area contributed by atoms with Gasteiger partial charge in [-0.25, -0.2) is 0 Å². The van der Waals surface area contributed by atoms with Crippen LogP contribution in [0.5, 0.6) is 11.5 Å². The molecule has 122 valence electrons. The lowest BCUT2D eigenvalue weighted by molar-refractivity contribution is 0.401. The minimum atomic E-state index is 0.828. The molecule has 1 aromatic carbocycles. The van der Waals surface area contributed by atoms with E-state index in [9.17, 15) is 0 Å². The highest BCUT2D eigenvalue weighted by Crippen LogP contribution is 2.32. The van der Waals surface area contributed by atoms with Crippen molar-refractivity contribution in [2.24, 2.45) is 0 Å². The number of hydrogen-bond donors (Lipinski definition) is 0. The van der Waals surface area contributed by atoms with E-state index in [2.05, 4.69) is 47.2 Å². The Balaban J connectivity index is 1.93. The summed E-state index contributed by atoms with van der Waals surface area (Å²) in [6.45, 7) is 0. The Morgan fingerprint density at radius 2 is 1.17 bits per heavy atom. The minimum absolute atomic E-state index is 0.828. The Morgan fingerprint density at radius 3 is 1.50 bits per heavy atom. The maximum atomic E-state index is 5.56. The molecule has 0 atom stereocenters. The van der Waals surface area contributed by atoms with E-state index in [1.165, 1.54) is 9.75 Å². The van der Waals surface area contributed by atoms with Crippen molar-refractivity contribution in [3.8, 4) is 11.5 Å². The molecule has 0 unspecified atom stereocenters. The maximum Gasteiger partial charge on any atom is 0.126 e. The molecule has 3 aromatic rings. The molecule has 24 heavy (non-hydrogen) atoms. The fourth-order valence-electron chi connectivity index (χ4n) is 2.32. The predicted molar refractivity (Wildman–Crippen MR) is 106 cm³/mol. The first kappa shape index (κ1) is 16.6. The van der Waals surface area contributed by atoms with Crippen molar-refractivity contribution in [2.45, 2.75) is 0 Å². The lowest BCUT2D eigenvalue weighted by Crippen LogP contribution is -1.93. The van der Waals surface area contributed by atoms with E-state index in [0.29, 0.717) is 0 Å². The summed E-state index contributed by atoms with van der Waals surface area (Å²) in [4.78, 5) is 2.41. The summed E-state index contributed by atoms with van der Waals surface area (Å²) < 4.78 is 11.1. The average Bonchev–Trinajstić information content (AvgIpc) is 3.31. The van der Waals surface area contributed by atoms with Gasteiger partial charge in [-0.15, -0.1) is 22.7 Å². The van der Waals surface area contributed by atoms with Crippen LogP contribution in [-0.2, 0) is 0 Å². The Kier molecular flexibility index (Phi) is 5.51. The SMILES string of the molecule is COc1cc(C=Cc2cccs2)c(OC)cc1C=Cc1cccs1. The molecule has 0 aliphatic heterocycles. The first-order valence-electron chi connectivity index (χ1n) is 7.49. The Hall–Kier alpha value is -2.30. The van der Waals surface area contributed by atoms with Crippen molar-refractivity contribution in [1.82, 2.24) is 0 Å². The number of thiophene rings is 2. The zero-order chi connectivity index (χ0) is 16.8. The highest BCUT2D eigenvalue weighted by Gasteiger charge is 2.08. The molecule has 0 fully saturated rings. The van der Waals surface area contributed by atoms with Crippen molar-refractivity contribution in [1.29, 1.82) is 0 Å². The van der Waals surface area contributed by atoms with Crippen molar-refractivity contribution < 1.29 is 9.47 Å². The lowest BCUT2D eigenvalue weighted by atomic mass is 10.1. The van der Waals surface area contributed by atoms with Gasteiger partial charge >= 0.3 is 0 Å². The number of rotatable bonds is 6. The molecular formula is C20H18O2S2. The molecule has 0 aliphatic carbocycles. The summed E-state index contributed by atoms with van der Waals surface area (Å²) in [6, 6.07) is 12.3. The lowest BCUT2D eigenvalue weighted by Gasteiger charge is -2.11. The topological polar surface area (TPSA) is 18.5 Å². The molecule has 0 aliphatic rings. The van der Waals surface area contributed by atoms with Crippen LogP contribution in [0.4, 0.5) is 0 Å². The molecule has 2 nitrogen and oxygen atoms in total. The molecule has 0 saturated heterocycles. The molecule has 0 saturated carbocycles. The third-order valence-electron chi connectivity index (χ3n) is 3.52. The smallest absolute Gasteiger partial charge is 0.126 e. The predicted octanol–water partition coefficient (Wildman–Crippen LogP) is 6.17. The standard InChI is InChI=1S/C20H18O2S2/c1-21-19-13-16(8-10-18-6-4-12-24-18)20(22-2)14-15(19)7-9-17-5-3-11-23-17/h3-14H,1-2H3. The molecule has 0 radical (unpaired) electrons. The zero-order valence-corrected chi connectivity index (χ0v) is 15.2. The van der Waals surface area contributed by atoms with Gasteiger partial charge in [0.15, 0.2) is 0 Å². The summed E-state index contributed by atoms with van der Waals surface area (Å²) in [5.41, 5.74) is 1.99. The normalized spacial score (nSPS) is 11.4. The average molecular weight is 354 g/mol. The van der Waals surface area contributed by atoms with Crippen LogP contribution < -0.4 is 9.47 Å². The van der Waals surface area contributed by atoms with E-state index in [1.807, 2.05) is 24.3 Å². The first-order chi connectivity index (χ1) is 11.8. The Bertz CT molecular complexity index is 757. The molecule has 2 heterocycles. The number of ether oxygens (including phenoxy) is 2. The molecule has 4 heteroatoms. The monoisotopic (exact) mass is 354 g/mol. The largest absolute Gasteiger partial charge is 0.496 e. The van der Waals surface area contributed by atoms with Crippen LogP contribution in [0.2, 0.25) is 0 Å². The Labute approximate surface area is 150 Å². The van der Waals surface area contributed by atoms with Gasteiger partial charge < -0.3 is 9.47 Å². The zero-order valence-electron chi connectivity index (χ0n) is 13.6. The number of hydrogen-bond acceptors (Lipinski definition) is 4. The molecule has 2 aromatic heterocycles. The van der Waals surface area contributed by atoms with E-state index >= 15 is 0 Å². The van der Waals surface area contributed by atoms with Crippen LogP contribution in [0.1, 0.15) is 20.9 Å². The third kappa shape index (κ3) is 3.96. The van der Waals surface area contributed by atoms with E-state index in [0.717, 1.165) is 22.6 Å². The van der Waals surface area contributed by atoms with E-state index in [-0.39, 0.29) is 0 Å². The second-order valence-corrected chi connectivity index (χ2v) is 6.99. The van der Waals surface area contributed by atoms with Crippen LogP contribution >= 0.6 is 22.7 Å². The summed E-state index contributed by atoms with van der Waals surface area (Å²) in [5.74, 6) is 1.66. The fraction of sp³-hybridized carbons (Fsp3) is 0.100. The second-order valence-electron chi connectivity index (χ2n) is 5.03. The van der Waals surface area contributed by atoms with Gasteiger partial charge in [0.25, 0.3) is 0 Å². The number of benzene rings is 1. The summed E-state index contributed by atoms with van der Waals surface area (Å²) in [7, 11) is 3.38. The van der Waals surface area contributed by atoms with Crippen LogP contribution in [0.25, 0.3) is 24.3 Å². The Morgan fingerprint density at radius 1 is 0.708 bits per heavy atom. The maximum absolute atomic E-state index is 5.56. The highest BCUT2D eigenvalue weighted by molar-refractivity contribution is 7.11. The van der Waals surface area contributed by atoms with Gasteiger partial charge in [-0.3, -0.25) is 0 Å². The van der Waals surface area contributed by atoms with Gasteiger partial charge in [0.1, 0.15) is 11.5 Å². The molecule has 0 bridgehead atoms. The minimum Gasteiger partial charge on any atom is -0.496 e. The van der Waals surface area contributed by atoms with Gasteiger partial charge in [0.2, 0.25) is 0 Å². The van der Waals surface area contributed by atoms with Crippen LogP contribution in [0.15, 0.2) is 47.2 Å². The van der Waals surface area contributed by atoms with Gasteiger partial charge in [0.05, 0.1) is 14.2 Å². The van der Waals surface area contributed by atoms with Gasteiger partial charge in [0, 0.05) is 20.9 Å². The summed E-state index contributed by atoms with van der Waals surface area (Å²) in [5, 5.41) is 4.13. The fourth-order valence-corrected chi connectivity index (χ4v) is 3.56. The molecule has 3 rings (SSSR count). The molecule has 0 N–H and O–H groups in total. The first-order valence-corrected chi connectivity index (χ1v) is 9.25. The van der Waals surface area contributed by atoms with Crippen LogP contribution in [0, 0.1) is 0 Å². The van der Waals surface area contributed by atoms with Crippen molar-refractivity contribution in [3.63, 3.8) is 0 Å². The van der Waals surface area contributed by atoms with Gasteiger partial charge in [-0.1, -0.05) is 12.1 Å².